The van der Waals surface area contributed by atoms with Crippen LogP contribution in [0.25, 0.3) is 0 Å². The molecule has 1 aromatic rings. The Kier molecular flexibility index (Phi) is 4.92. The average Bonchev–Trinajstić information content (AvgIpc) is 2.27. The van der Waals surface area contributed by atoms with E-state index in [2.05, 4.69) is 0 Å². The van der Waals surface area contributed by atoms with Crippen molar-refractivity contribution in [3.63, 3.8) is 0 Å². The molecule has 0 bridgehead atoms. The Morgan fingerprint density at radius 1 is 1.47 bits per heavy atom. The minimum atomic E-state index is -0.593. The van der Waals surface area contributed by atoms with E-state index in [-0.39, 0.29) is 11.9 Å². The van der Waals surface area contributed by atoms with E-state index in [0.717, 1.165) is 12.0 Å². The zero-order valence-electron chi connectivity index (χ0n) is 10.1. The lowest BCUT2D eigenvalue weighted by molar-refractivity contribution is 0.275. The molecule has 0 aromatic heterocycles. The maximum absolute atomic E-state index is 13.3. The van der Waals surface area contributed by atoms with Gasteiger partial charge in [-0.15, -0.1) is 0 Å². The third-order valence-corrected chi connectivity index (χ3v) is 2.45. The van der Waals surface area contributed by atoms with Crippen molar-refractivity contribution in [2.75, 3.05) is 0 Å². The summed E-state index contributed by atoms with van der Waals surface area (Å²) < 4.78 is 18.6. The molecule has 2 N–H and O–H groups in total. The van der Waals surface area contributed by atoms with Crippen LogP contribution in [0.2, 0.25) is 0 Å². The zero-order valence-corrected chi connectivity index (χ0v) is 10.1. The molecule has 4 heteroatoms. The summed E-state index contributed by atoms with van der Waals surface area (Å²) in [5, 5.41) is 8.63. The lowest BCUT2D eigenvalue weighted by Gasteiger charge is -2.12. The molecule has 92 valence electrons. The van der Waals surface area contributed by atoms with Crippen molar-refractivity contribution in [2.45, 2.75) is 38.8 Å². The summed E-state index contributed by atoms with van der Waals surface area (Å²) in [7, 11) is 0. The molecule has 0 saturated carbocycles. The van der Waals surface area contributed by atoms with Crippen LogP contribution < -0.4 is 10.5 Å². The first-order valence-corrected chi connectivity index (χ1v) is 5.66. The summed E-state index contributed by atoms with van der Waals surface area (Å²) in [6.45, 7) is 3.60. The predicted molar refractivity (Wildman–Crippen MR) is 64.1 cm³/mol. The van der Waals surface area contributed by atoms with Gasteiger partial charge < -0.3 is 10.5 Å². The Labute approximate surface area is 101 Å². The fourth-order valence-electron chi connectivity index (χ4n) is 1.48. The second-order valence-electron chi connectivity index (χ2n) is 4.06. The van der Waals surface area contributed by atoms with Crippen LogP contribution in [0.3, 0.4) is 0 Å². The van der Waals surface area contributed by atoms with E-state index in [4.69, 9.17) is 15.7 Å². The quantitative estimate of drug-likeness (QED) is 0.854. The number of nitriles is 1. The highest BCUT2D eigenvalue weighted by atomic mass is 19.1. The molecule has 0 amide bonds. The van der Waals surface area contributed by atoms with Crippen molar-refractivity contribution in [3.05, 3.63) is 29.6 Å². The third-order valence-electron chi connectivity index (χ3n) is 2.45. The number of nitrogens with two attached hydrogens (primary N) is 1. The molecule has 0 radical (unpaired) electrons. The van der Waals surface area contributed by atoms with Crippen LogP contribution in [0.5, 0.6) is 5.75 Å². The molecule has 0 spiro atoms. The molecule has 0 aliphatic heterocycles. The molecular weight excluding hydrogens is 219 g/mol. The van der Waals surface area contributed by atoms with Gasteiger partial charge in [0.1, 0.15) is 17.6 Å². The van der Waals surface area contributed by atoms with Gasteiger partial charge in [-0.2, -0.15) is 5.26 Å². The maximum Gasteiger partial charge on any atom is 0.181 e. The number of halogens is 1. The molecule has 1 aromatic carbocycles. The zero-order chi connectivity index (χ0) is 12.8. The van der Waals surface area contributed by atoms with Crippen LogP contribution in [0.4, 0.5) is 4.39 Å². The molecule has 17 heavy (non-hydrogen) atoms. The Bertz CT molecular complexity index is 414. The minimum absolute atomic E-state index is 0.0121. The summed E-state index contributed by atoms with van der Waals surface area (Å²) in [5.41, 5.74) is 6.61. The van der Waals surface area contributed by atoms with E-state index >= 15 is 0 Å². The van der Waals surface area contributed by atoms with Crippen LogP contribution in [-0.4, -0.2) is 12.1 Å². The minimum Gasteiger partial charge on any atom is -0.476 e. The first kappa shape index (κ1) is 13.5. The number of hydrogen-bond donors (Lipinski definition) is 1. The largest absolute Gasteiger partial charge is 0.476 e. The molecule has 0 fully saturated rings. The second kappa shape index (κ2) is 6.21. The van der Waals surface area contributed by atoms with Gasteiger partial charge in [0, 0.05) is 12.1 Å². The summed E-state index contributed by atoms with van der Waals surface area (Å²) in [5.74, 6) is 0.00305. The second-order valence-corrected chi connectivity index (χ2v) is 4.06. The Hall–Kier alpha value is -1.60. The van der Waals surface area contributed by atoms with Gasteiger partial charge >= 0.3 is 0 Å². The van der Waals surface area contributed by atoms with Gasteiger partial charge in [0.05, 0.1) is 0 Å². The maximum atomic E-state index is 13.3. The molecule has 0 saturated heterocycles. The first-order chi connectivity index (χ1) is 8.05. The fraction of sp³-hybridized carbons (Fsp3) is 0.462. The molecule has 2 unspecified atom stereocenters. The molecule has 0 aliphatic carbocycles. The third kappa shape index (κ3) is 4.41. The summed E-state index contributed by atoms with van der Waals surface area (Å²) in [6.07, 6.45) is 0.844. The average molecular weight is 236 g/mol. The number of benzene rings is 1. The van der Waals surface area contributed by atoms with Crippen LogP contribution in [0.15, 0.2) is 18.2 Å². The van der Waals surface area contributed by atoms with Crippen LogP contribution in [0, 0.1) is 17.1 Å². The van der Waals surface area contributed by atoms with E-state index in [1.165, 1.54) is 12.1 Å². The Morgan fingerprint density at radius 2 is 2.18 bits per heavy atom. The van der Waals surface area contributed by atoms with Crippen LogP contribution >= 0.6 is 0 Å². The highest BCUT2D eigenvalue weighted by Crippen LogP contribution is 2.19. The molecule has 1 rings (SSSR count). The lowest BCUT2D eigenvalue weighted by atomic mass is 10.0. The van der Waals surface area contributed by atoms with Crippen molar-refractivity contribution in [2.24, 2.45) is 5.73 Å². The van der Waals surface area contributed by atoms with Crippen molar-refractivity contribution in [1.29, 1.82) is 5.26 Å². The number of ether oxygens (including phenoxy) is 1. The number of rotatable bonds is 5. The molecular formula is C13H17FN2O. The summed E-state index contributed by atoms with van der Waals surface area (Å²) in [6, 6.07) is 6.39. The first-order valence-electron chi connectivity index (χ1n) is 5.66. The smallest absolute Gasteiger partial charge is 0.181 e. The van der Waals surface area contributed by atoms with Crippen LogP contribution in [0.1, 0.15) is 25.8 Å². The van der Waals surface area contributed by atoms with Gasteiger partial charge in [-0.25, -0.2) is 4.39 Å². The molecule has 0 heterocycles. The van der Waals surface area contributed by atoms with E-state index in [1.807, 2.05) is 13.0 Å². The van der Waals surface area contributed by atoms with Gasteiger partial charge in [0.15, 0.2) is 6.10 Å². The Balaban J connectivity index is 2.83. The molecule has 3 nitrogen and oxygen atoms in total. The fourth-order valence-corrected chi connectivity index (χ4v) is 1.48. The normalized spacial score (nSPS) is 13.8. The van der Waals surface area contributed by atoms with Crippen molar-refractivity contribution < 1.29 is 9.13 Å². The topological polar surface area (TPSA) is 59.0 Å². The number of nitrogens with zero attached hydrogens (tertiary/aromatic N) is 1. The van der Waals surface area contributed by atoms with Gasteiger partial charge in [0.2, 0.25) is 0 Å². The van der Waals surface area contributed by atoms with E-state index < -0.39 is 6.10 Å². The number of hydrogen-bond acceptors (Lipinski definition) is 3. The van der Waals surface area contributed by atoms with Crippen LogP contribution in [-0.2, 0) is 6.42 Å². The predicted octanol–water partition coefficient (Wildman–Crippen LogP) is 2.40. The standard InChI is InChI=1S/C13H17FN2O/c1-3-12(16)5-10-4-11(14)7-13(6-10)17-9(2)8-15/h4,6-7,9,12H,3,5,16H2,1-2H3. The summed E-state index contributed by atoms with van der Waals surface area (Å²) >= 11 is 0. The van der Waals surface area contributed by atoms with Gasteiger partial charge in [-0.3, -0.25) is 0 Å². The highest BCUT2D eigenvalue weighted by molar-refractivity contribution is 5.30. The molecule has 0 aliphatic rings. The highest BCUT2D eigenvalue weighted by Gasteiger charge is 2.08. The SMILES string of the molecule is CCC(N)Cc1cc(F)cc(OC(C)C#N)c1. The van der Waals surface area contributed by atoms with Gasteiger partial charge in [0.25, 0.3) is 0 Å². The van der Waals surface area contributed by atoms with E-state index in [1.54, 1.807) is 13.0 Å². The lowest BCUT2D eigenvalue weighted by Crippen LogP contribution is -2.21. The summed E-state index contributed by atoms with van der Waals surface area (Å²) in [4.78, 5) is 0. The van der Waals surface area contributed by atoms with E-state index in [9.17, 15) is 4.39 Å². The van der Waals surface area contributed by atoms with Crippen molar-refractivity contribution in [1.82, 2.24) is 0 Å². The van der Waals surface area contributed by atoms with Gasteiger partial charge in [-0.05, 0) is 37.5 Å². The van der Waals surface area contributed by atoms with Crippen molar-refractivity contribution >= 4 is 0 Å². The van der Waals surface area contributed by atoms with Gasteiger partial charge in [-0.1, -0.05) is 6.92 Å². The van der Waals surface area contributed by atoms with E-state index in [0.29, 0.717) is 12.2 Å². The molecule has 2 atom stereocenters. The monoisotopic (exact) mass is 236 g/mol. The van der Waals surface area contributed by atoms with Crippen molar-refractivity contribution in [3.8, 4) is 11.8 Å². The Morgan fingerprint density at radius 3 is 2.76 bits per heavy atom.